The van der Waals surface area contributed by atoms with Crippen molar-refractivity contribution in [1.82, 2.24) is 0 Å². The zero-order chi connectivity index (χ0) is 29.0. The molecule has 0 aliphatic rings. The minimum atomic E-state index is -1.50. The lowest BCUT2D eigenvalue weighted by molar-refractivity contribution is -0.115. The SMILES string of the molecule is CCC(Sc1cccc(NC(=O)c2c(Cl)c(Cl)c(Cl)c(Cl)c2C(=O)O)c1)C(=O)Nc1cc(C)c(Cl)cc1OC. The largest absolute Gasteiger partial charge is 0.495 e. The molecule has 3 N–H and O–H groups in total. The van der Waals surface area contributed by atoms with Crippen LogP contribution in [0.25, 0.3) is 0 Å². The molecule has 0 saturated carbocycles. The number of anilines is 2. The van der Waals surface area contributed by atoms with Gasteiger partial charge in [0.2, 0.25) is 5.91 Å². The van der Waals surface area contributed by atoms with Crippen molar-refractivity contribution in [2.75, 3.05) is 17.7 Å². The van der Waals surface area contributed by atoms with Crippen molar-refractivity contribution in [3.8, 4) is 5.75 Å². The molecule has 0 aliphatic carbocycles. The van der Waals surface area contributed by atoms with E-state index < -0.39 is 33.3 Å². The van der Waals surface area contributed by atoms with Gasteiger partial charge in [0.05, 0.1) is 49.3 Å². The smallest absolute Gasteiger partial charge is 0.338 e. The summed E-state index contributed by atoms with van der Waals surface area (Å²) in [5.41, 5.74) is 0.598. The zero-order valence-electron chi connectivity index (χ0n) is 20.6. The van der Waals surface area contributed by atoms with Gasteiger partial charge >= 0.3 is 5.97 Å². The fourth-order valence-corrected chi connectivity index (χ4v) is 5.70. The van der Waals surface area contributed by atoms with Crippen molar-refractivity contribution in [3.05, 3.63) is 78.2 Å². The normalized spacial score (nSPS) is 11.6. The van der Waals surface area contributed by atoms with E-state index in [4.69, 9.17) is 62.7 Å². The van der Waals surface area contributed by atoms with Gasteiger partial charge in [-0.05, 0) is 43.2 Å². The maximum atomic E-state index is 13.1. The molecule has 0 heterocycles. The van der Waals surface area contributed by atoms with Crippen molar-refractivity contribution < 1.29 is 24.2 Å². The van der Waals surface area contributed by atoms with E-state index in [1.165, 1.54) is 18.9 Å². The van der Waals surface area contributed by atoms with E-state index >= 15 is 0 Å². The van der Waals surface area contributed by atoms with Crippen molar-refractivity contribution >= 4 is 98.9 Å². The lowest BCUT2D eigenvalue weighted by Gasteiger charge is -2.18. The predicted molar refractivity (Wildman–Crippen MR) is 159 cm³/mol. The van der Waals surface area contributed by atoms with Crippen LogP contribution in [-0.4, -0.2) is 35.2 Å². The van der Waals surface area contributed by atoms with E-state index in [0.717, 1.165) is 5.56 Å². The second kappa shape index (κ2) is 13.4. The Morgan fingerprint density at radius 1 is 0.949 bits per heavy atom. The number of carbonyl (C=O) groups excluding carboxylic acids is 2. The lowest BCUT2D eigenvalue weighted by atomic mass is 10.1. The molecule has 0 saturated heterocycles. The maximum Gasteiger partial charge on any atom is 0.338 e. The summed E-state index contributed by atoms with van der Waals surface area (Å²) in [4.78, 5) is 38.7. The Morgan fingerprint density at radius 2 is 1.59 bits per heavy atom. The molecule has 0 fully saturated rings. The third kappa shape index (κ3) is 7.06. The number of halogens is 5. The monoisotopic (exact) mass is 648 g/mol. The number of rotatable bonds is 9. The first-order valence-electron chi connectivity index (χ1n) is 11.2. The Balaban J connectivity index is 1.83. The van der Waals surface area contributed by atoms with E-state index in [-0.39, 0.29) is 21.0 Å². The van der Waals surface area contributed by atoms with Crippen molar-refractivity contribution in [2.24, 2.45) is 0 Å². The van der Waals surface area contributed by atoms with Crippen molar-refractivity contribution in [1.29, 1.82) is 0 Å². The third-order valence-corrected chi connectivity index (χ3v) is 9.05. The molecule has 0 aromatic heterocycles. The van der Waals surface area contributed by atoms with E-state index in [1.807, 2.05) is 13.8 Å². The standard InChI is InChI=1S/C26H21Cl5N2O5S/c1-4-17(24(34)33-15-8-11(2)14(27)10-16(15)38-3)39-13-7-5-6-12(9-13)32-25(35)18-19(26(36)37)21(29)23(31)22(30)20(18)28/h5-10,17H,4H2,1-3H3,(H,32,35)(H,33,34)(H,36,37). The summed E-state index contributed by atoms with van der Waals surface area (Å²) in [7, 11) is 1.49. The summed E-state index contributed by atoms with van der Waals surface area (Å²) in [6.45, 7) is 3.69. The molecule has 2 amide bonds. The van der Waals surface area contributed by atoms with Crippen LogP contribution in [0, 0.1) is 6.92 Å². The summed E-state index contributed by atoms with van der Waals surface area (Å²) >= 11 is 31.7. The number of aromatic carboxylic acids is 1. The average molecular weight is 651 g/mol. The first kappa shape index (κ1) is 31.2. The molecular formula is C26H21Cl5N2O5S. The van der Waals surface area contributed by atoms with Gasteiger partial charge in [-0.3, -0.25) is 9.59 Å². The number of hydrogen-bond acceptors (Lipinski definition) is 5. The summed E-state index contributed by atoms with van der Waals surface area (Å²) in [6, 6.07) is 10.1. The highest BCUT2D eigenvalue weighted by molar-refractivity contribution is 8.00. The maximum absolute atomic E-state index is 13.1. The number of carbonyl (C=O) groups is 3. The van der Waals surface area contributed by atoms with Crippen LogP contribution >= 0.6 is 69.8 Å². The van der Waals surface area contributed by atoms with Gasteiger partial charge in [-0.1, -0.05) is 71.0 Å². The summed E-state index contributed by atoms with van der Waals surface area (Å²) in [5, 5.41) is 13.9. The molecule has 1 unspecified atom stereocenters. The highest BCUT2D eigenvalue weighted by Gasteiger charge is 2.29. The van der Waals surface area contributed by atoms with Gasteiger partial charge in [-0.25, -0.2) is 4.79 Å². The molecule has 0 bridgehead atoms. The number of carboxylic acid groups (broad SMARTS) is 1. The summed E-state index contributed by atoms with van der Waals surface area (Å²) in [6.07, 6.45) is 0.501. The average Bonchev–Trinajstić information content (AvgIpc) is 2.89. The first-order valence-corrected chi connectivity index (χ1v) is 14.0. The number of nitrogens with one attached hydrogen (secondary N) is 2. The molecule has 7 nitrogen and oxygen atoms in total. The van der Waals surface area contributed by atoms with Crippen LogP contribution in [0.5, 0.6) is 5.75 Å². The number of hydrogen-bond donors (Lipinski definition) is 3. The van der Waals surface area contributed by atoms with E-state index in [0.29, 0.717) is 33.5 Å². The Kier molecular flexibility index (Phi) is 10.7. The minimum absolute atomic E-state index is 0.243. The van der Waals surface area contributed by atoms with Crippen LogP contribution in [0.15, 0.2) is 41.3 Å². The van der Waals surface area contributed by atoms with Crippen LogP contribution < -0.4 is 15.4 Å². The van der Waals surface area contributed by atoms with Crippen LogP contribution in [0.4, 0.5) is 11.4 Å². The molecule has 0 spiro atoms. The van der Waals surface area contributed by atoms with E-state index in [1.54, 1.807) is 36.4 Å². The van der Waals surface area contributed by atoms with Crippen LogP contribution in [0.3, 0.4) is 0 Å². The van der Waals surface area contributed by atoms with Crippen LogP contribution in [0.1, 0.15) is 39.6 Å². The molecule has 206 valence electrons. The highest BCUT2D eigenvalue weighted by Crippen LogP contribution is 2.42. The predicted octanol–water partition coefficient (Wildman–Crippen LogP) is 8.73. The molecule has 3 aromatic rings. The first-order chi connectivity index (χ1) is 18.4. The number of amides is 2. The van der Waals surface area contributed by atoms with E-state index in [2.05, 4.69) is 10.6 Å². The van der Waals surface area contributed by atoms with Crippen molar-refractivity contribution in [2.45, 2.75) is 30.4 Å². The Morgan fingerprint density at radius 3 is 2.18 bits per heavy atom. The van der Waals surface area contributed by atoms with Gasteiger partial charge in [-0.2, -0.15) is 0 Å². The van der Waals surface area contributed by atoms with Crippen molar-refractivity contribution in [3.63, 3.8) is 0 Å². The third-order valence-electron chi connectivity index (χ3n) is 5.48. The summed E-state index contributed by atoms with van der Waals surface area (Å²) in [5.74, 6) is -2.17. The second-order valence-electron chi connectivity index (χ2n) is 8.10. The Bertz CT molecular complexity index is 1470. The molecule has 3 rings (SSSR count). The number of carboxylic acids is 1. The topological polar surface area (TPSA) is 105 Å². The minimum Gasteiger partial charge on any atom is -0.495 e. The fraction of sp³-hybridized carbons (Fsp3) is 0.192. The van der Waals surface area contributed by atoms with Gasteiger partial charge in [0, 0.05) is 21.7 Å². The fourth-order valence-electron chi connectivity index (χ4n) is 3.52. The lowest BCUT2D eigenvalue weighted by Crippen LogP contribution is -2.25. The van der Waals surface area contributed by atoms with Crippen LogP contribution in [-0.2, 0) is 4.79 Å². The number of methoxy groups -OCH3 is 1. The van der Waals surface area contributed by atoms with Gasteiger partial charge < -0.3 is 20.5 Å². The number of ether oxygens (including phenoxy) is 1. The Hall–Kier alpha value is -2.33. The molecule has 1 atom stereocenters. The number of aryl methyl sites for hydroxylation is 1. The second-order valence-corrected chi connectivity index (χ2v) is 11.3. The molecule has 3 aromatic carbocycles. The molecular weight excluding hydrogens is 630 g/mol. The van der Waals surface area contributed by atoms with Gasteiger partial charge in [-0.15, -0.1) is 11.8 Å². The summed E-state index contributed by atoms with van der Waals surface area (Å²) < 4.78 is 5.34. The molecule has 0 aliphatic heterocycles. The van der Waals surface area contributed by atoms with Gasteiger partial charge in [0.15, 0.2) is 0 Å². The zero-order valence-corrected chi connectivity index (χ0v) is 25.2. The molecule has 0 radical (unpaired) electrons. The number of thioether (sulfide) groups is 1. The highest BCUT2D eigenvalue weighted by atomic mass is 35.5. The molecule has 13 heteroatoms. The number of benzene rings is 3. The quantitative estimate of drug-likeness (QED) is 0.122. The van der Waals surface area contributed by atoms with E-state index in [9.17, 15) is 19.5 Å². The van der Waals surface area contributed by atoms with Crippen LogP contribution in [0.2, 0.25) is 25.1 Å². The van der Waals surface area contributed by atoms with Gasteiger partial charge in [0.1, 0.15) is 5.75 Å². The van der Waals surface area contributed by atoms with Gasteiger partial charge in [0.25, 0.3) is 5.91 Å². The Labute approximate surface area is 254 Å². The molecule has 39 heavy (non-hydrogen) atoms.